The Morgan fingerprint density at radius 2 is 2.00 bits per heavy atom. The summed E-state index contributed by atoms with van der Waals surface area (Å²) in [6.45, 7) is 7.59. The summed E-state index contributed by atoms with van der Waals surface area (Å²) in [6.07, 6.45) is 0.0380. The van der Waals surface area contributed by atoms with Gasteiger partial charge in [0, 0.05) is 11.1 Å². The smallest absolute Gasteiger partial charge is 0.258 e. The molecule has 0 aliphatic rings. The monoisotopic (exact) mass is 265 g/mol. The van der Waals surface area contributed by atoms with E-state index in [-0.39, 0.29) is 18.1 Å². The van der Waals surface area contributed by atoms with Gasteiger partial charge < -0.3 is 15.2 Å². The van der Waals surface area contributed by atoms with Crippen LogP contribution in [0.2, 0.25) is 0 Å². The first-order chi connectivity index (χ1) is 8.83. The minimum absolute atomic E-state index is 0.0509. The molecule has 0 bridgehead atoms. The van der Waals surface area contributed by atoms with Gasteiger partial charge in [-0.15, -0.1) is 0 Å². The number of nitrogens with one attached hydrogen (secondary N) is 1. The zero-order valence-corrected chi connectivity index (χ0v) is 12.1. The van der Waals surface area contributed by atoms with Crippen LogP contribution in [0, 0.1) is 0 Å². The van der Waals surface area contributed by atoms with Crippen molar-refractivity contribution in [1.82, 2.24) is 5.32 Å². The fourth-order valence-corrected chi connectivity index (χ4v) is 1.70. The van der Waals surface area contributed by atoms with Gasteiger partial charge in [-0.1, -0.05) is 25.1 Å². The van der Waals surface area contributed by atoms with Crippen LogP contribution in [0.3, 0.4) is 0 Å². The van der Waals surface area contributed by atoms with E-state index >= 15 is 0 Å². The summed E-state index contributed by atoms with van der Waals surface area (Å²) < 4.78 is 5.50. The Hall–Kier alpha value is -1.55. The number of ether oxygens (including phenoxy) is 1. The number of rotatable bonds is 5. The van der Waals surface area contributed by atoms with Gasteiger partial charge in [-0.3, -0.25) is 4.79 Å². The van der Waals surface area contributed by atoms with E-state index in [4.69, 9.17) is 4.74 Å². The molecule has 1 aromatic carbocycles. The molecule has 0 fully saturated rings. The Labute approximate surface area is 114 Å². The minimum Gasteiger partial charge on any atom is -0.483 e. The molecule has 0 saturated heterocycles. The van der Waals surface area contributed by atoms with E-state index in [1.54, 1.807) is 6.07 Å². The molecule has 0 aliphatic heterocycles. The Bertz CT molecular complexity index is 424. The van der Waals surface area contributed by atoms with Crippen molar-refractivity contribution < 1.29 is 14.6 Å². The molecule has 0 heterocycles. The normalized spacial score (nSPS) is 12.9. The molecule has 19 heavy (non-hydrogen) atoms. The lowest BCUT2D eigenvalue weighted by Gasteiger charge is -2.21. The summed E-state index contributed by atoms with van der Waals surface area (Å²) in [6, 6.07) is 7.24. The number of hydrogen-bond acceptors (Lipinski definition) is 3. The van der Waals surface area contributed by atoms with Crippen molar-refractivity contribution in [3.63, 3.8) is 0 Å². The molecule has 0 unspecified atom stereocenters. The maximum absolute atomic E-state index is 11.7. The predicted octanol–water partition coefficient (Wildman–Crippen LogP) is 2.42. The average Bonchev–Trinajstić information content (AvgIpc) is 2.33. The lowest BCUT2D eigenvalue weighted by atomic mass is 10.1. The van der Waals surface area contributed by atoms with Crippen LogP contribution < -0.4 is 10.1 Å². The van der Waals surface area contributed by atoms with Gasteiger partial charge in [0.15, 0.2) is 6.61 Å². The third kappa shape index (κ3) is 5.30. The summed E-state index contributed by atoms with van der Waals surface area (Å²) in [5, 5.41) is 12.7. The third-order valence-corrected chi connectivity index (χ3v) is 2.54. The van der Waals surface area contributed by atoms with Crippen molar-refractivity contribution in [1.29, 1.82) is 0 Å². The molecule has 106 valence electrons. The Morgan fingerprint density at radius 3 is 2.58 bits per heavy atom. The zero-order chi connectivity index (χ0) is 14.5. The zero-order valence-electron chi connectivity index (χ0n) is 12.1. The summed E-state index contributed by atoms with van der Waals surface area (Å²) in [4.78, 5) is 11.7. The number of amides is 1. The van der Waals surface area contributed by atoms with Crippen LogP contribution >= 0.6 is 0 Å². The molecular weight excluding hydrogens is 242 g/mol. The van der Waals surface area contributed by atoms with E-state index in [9.17, 15) is 9.90 Å². The van der Waals surface area contributed by atoms with Crippen molar-refractivity contribution in [2.24, 2.45) is 0 Å². The van der Waals surface area contributed by atoms with Crippen molar-refractivity contribution >= 4 is 5.91 Å². The minimum atomic E-state index is -0.568. The SMILES string of the molecule is CC[C@H](O)c1ccccc1OCC(=O)NC(C)(C)C. The second-order valence-corrected chi connectivity index (χ2v) is 5.55. The predicted molar refractivity (Wildman–Crippen MR) is 75.1 cm³/mol. The summed E-state index contributed by atoms with van der Waals surface area (Å²) in [5.41, 5.74) is 0.441. The molecule has 0 aliphatic carbocycles. The standard InChI is InChI=1S/C15H23NO3/c1-5-12(17)11-8-6-7-9-13(11)19-10-14(18)16-15(2,3)4/h6-9,12,17H,5,10H2,1-4H3,(H,16,18)/t12-/m0/s1. The van der Waals surface area contributed by atoms with Crippen LogP contribution in [0.25, 0.3) is 0 Å². The quantitative estimate of drug-likeness (QED) is 0.859. The third-order valence-electron chi connectivity index (χ3n) is 2.54. The largest absolute Gasteiger partial charge is 0.483 e. The van der Waals surface area contributed by atoms with Gasteiger partial charge >= 0.3 is 0 Å². The van der Waals surface area contributed by atoms with Gasteiger partial charge in [-0.05, 0) is 33.3 Å². The van der Waals surface area contributed by atoms with Gasteiger partial charge in [0.25, 0.3) is 5.91 Å². The van der Waals surface area contributed by atoms with Gasteiger partial charge in [0.05, 0.1) is 6.10 Å². The summed E-state index contributed by atoms with van der Waals surface area (Å²) in [7, 11) is 0. The summed E-state index contributed by atoms with van der Waals surface area (Å²) in [5.74, 6) is 0.384. The number of aliphatic hydroxyl groups excluding tert-OH is 1. The van der Waals surface area contributed by atoms with Crippen LogP contribution in [0.1, 0.15) is 45.8 Å². The fourth-order valence-electron chi connectivity index (χ4n) is 1.70. The second-order valence-electron chi connectivity index (χ2n) is 5.55. The molecule has 0 radical (unpaired) electrons. The lowest BCUT2D eigenvalue weighted by Crippen LogP contribution is -2.43. The van der Waals surface area contributed by atoms with Crippen LogP contribution in [-0.4, -0.2) is 23.2 Å². The number of para-hydroxylation sites is 1. The molecular formula is C15H23NO3. The van der Waals surface area contributed by atoms with Crippen molar-refractivity contribution in [3.8, 4) is 5.75 Å². The van der Waals surface area contributed by atoms with Crippen molar-refractivity contribution in [2.75, 3.05) is 6.61 Å². The molecule has 2 N–H and O–H groups in total. The maximum atomic E-state index is 11.7. The molecule has 0 spiro atoms. The van der Waals surface area contributed by atoms with Crippen LogP contribution in [0.5, 0.6) is 5.75 Å². The number of hydrogen-bond donors (Lipinski definition) is 2. The fraction of sp³-hybridized carbons (Fsp3) is 0.533. The van der Waals surface area contributed by atoms with Crippen molar-refractivity contribution in [2.45, 2.75) is 45.8 Å². The first-order valence-electron chi connectivity index (χ1n) is 6.54. The molecule has 4 nitrogen and oxygen atoms in total. The second kappa shape index (κ2) is 6.57. The number of aliphatic hydroxyl groups is 1. The van der Waals surface area contributed by atoms with E-state index in [1.165, 1.54) is 0 Å². The van der Waals surface area contributed by atoms with Crippen LogP contribution in [-0.2, 0) is 4.79 Å². The molecule has 1 atom stereocenters. The van der Waals surface area contributed by atoms with E-state index in [0.29, 0.717) is 17.7 Å². The van der Waals surface area contributed by atoms with E-state index < -0.39 is 6.10 Å². The maximum Gasteiger partial charge on any atom is 0.258 e. The summed E-state index contributed by atoms with van der Waals surface area (Å²) >= 11 is 0. The highest BCUT2D eigenvalue weighted by molar-refractivity contribution is 5.78. The van der Waals surface area contributed by atoms with Gasteiger partial charge in [0.1, 0.15) is 5.75 Å². The van der Waals surface area contributed by atoms with Crippen LogP contribution in [0.4, 0.5) is 0 Å². The molecule has 0 saturated carbocycles. The highest BCUT2D eigenvalue weighted by Gasteiger charge is 2.16. The van der Waals surface area contributed by atoms with Gasteiger partial charge in [0.2, 0.25) is 0 Å². The first-order valence-corrected chi connectivity index (χ1v) is 6.54. The van der Waals surface area contributed by atoms with E-state index in [1.807, 2.05) is 45.9 Å². The van der Waals surface area contributed by atoms with Gasteiger partial charge in [-0.2, -0.15) is 0 Å². The first kappa shape index (κ1) is 15.5. The topological polar surface area (TPSA) is 58.6 Å². The average molecular weight is 265 g/mol. The van der Waals surface area contributed by atoms with E-state index in [0.717, 1.165) is 0 Å². The number of benzene rings is 1. The molecule has 4 heteroatoms. The van der Waals surface area contributed by atoms with E-state index in [2.05, 4.69) is 5.32 Å². The van der Waals surface area contributed by atoms with Crippen LogP contribution in [0.15, 0.2) is 24.3 Å². The Morgan fingerprint density at radius 1 is 1.37 bits per heavy atom. The highest BCUT2D eigenvalue weighted by atomic mass is 16.5. The molecule has 1 rings (SSSR count). The molecule has 1 aromatic rings. The number of carbonyl (C=O) groups excluding carboxylic acids is 1. The van der Waals surface area contributed by atoms with Gasteiger partial charge in [-0.25, -0.2) is 0 Å². The Balaban J connectivity index is 2.65. The lowest BCUT2D eigenvalue weighted by molar-refractivity contribution is -0.124. The highest BCUT2D eigenvalue weighted by Crippen LogP contribution is 2.26. The Kier molecular flexibility index (Phi) is 5.36. The molecule has 1 amide bonds. The number of carbonyl (C=O) groups is 1. The molecule has 0 aromatic heterocycles. The van der Waals surface area contributed by atoms with Crippen molar-refractivity contribution in [3.05, 3.63) is 29.8 Å².